The Morgan fingerprint density at radius 2 is 1.84 bits per heavy atom. The van der Waals surface area contributed by atoms with Gasteiger partial charge in [-0.15, -0.1) is 0 Å². The van der Waals surface area contributed by atoms with Crippen LogP contribution in [0.5, 0.6) is 0 Å². The number of urea groups is 1. The van der Waals surface area contributed by atoms with Crippen LogP contribution in [0.1, 0.15) is 19.3 Å². The third-order valence-electron chi connectivity index (χ3n) is 4.21. The third-order valence-corrected chi connectivity index (χ3v) is 4.21. The van der Waals surface area contributed by atoms with Gasteiger partial charge in [-0.1, -0.05) is 0 Å². The lowest BCUT2D eigenvalue weighted by molar-refractivity contribution is -0.123. The second-order valence-corrected chi connectivity index (χ2v) is 5.79. The van der Waals surface area contributed by atoms with Gasteiger partial charge in [0.2, 0.25) is 5.91 Å². The Morgan fingerprint density at radius 1 is 1.21 bits per heavy atom. The monoisotopic (exact) mass is 268 g/mol. The number of carbonyl (C=O) groups excluding carboxylic acids is 2. The molecule has 0 bridgehead atoms. The number of carbonyl (C=O) groups is 2. The Balaban J connectivity index is 1.62. The van der Waals surface area contributed by atoms with E-state index >= 15 is 0 Å². The molecule has 1 saturated heterocycles. The predicted octanol–water partition coefficient (Wildman–Crippen LogP) is -0.236. The zero-order valence-corrected chi connectivity index (χ0v) is 11.8. The molecule has 1 aliphatic carbocycles. The number of nitrogens with one attached hydrogen (secondary N) is 3. The molecule has 1 saturated carbocycles. The van der Waals surface area contributed by atoms with E-state index in [0.29, 0.717) is 13.1 Å². The Hall–Kier alpha value is -1.30. The summed E-state index contributed by atoms with van der Waals surface area (Å²) < 4.78 is 0. The fourth-order valence-electron chi connectivity index (χ4n) is 2.83. The van der Waals surface area contributed by atoms with Crippen molar-refractivity contribution < 1.29 is 9.59 Å². The second kappa shape index (κ2) is 5.77. The number of amides is 3. The van der Waals surface area contributed by atoms with Crippen molar-refractivity contribution >= 4 is 11.9 Å². The van der Waals surface area contributed by atoms with Gasteiger partial charge < -0.3 is 20.9 Å². The van der Waals surface area contributed by atoms with E-state index < -0.39 is 0 Å². The minimum absolute atomic E-state index is 0.129. The highest BCUT2D eigenvalue weighted by molar-refractivity contribution is 5.82. The molecule has 0 aromatic carbocycles. The van der Waals surface area contributed by atoms with Crippen molar-refractivity contribution in [1.29, 1.82) is 0 Å². The van der Waals surface area contributed by atoms with Crippen LogP contribution >= 0.6 is 0 Å². The molecule has 1 unspecified atom stereocenters. The lowest BCUT2D eigenvalue weighted by Crippen LogP contribution is -2.40. The predicted molar refractivity (Wildman–Crippen MR) is 72.7 cm³/mol. The molecule has 19 heavy (non-hydrogen) atoms. The number of nitrogens with zero attached hydrogens (tertiary/aromatic N) is 1. The van der Waals surface area contributed by atoms with E-state index in [4.69, 9.17) is 0 Å². The second-order valence-electron chi connectivity index (χ2n) is 5.79. The molecule has 3 amide bonds. The molecular weight excluding hydrogens is 244 g/mol. The Morgan fingerprint density at radius 3 is 2.47 bits per heavy atom. The van der Waals surface area contributed by atoms with Crippen LogP contribution in [-0.2, 0) is 4.79 Å². The van der Waals surface area contributed by atoms with Crippen LogP contribution in [0.4, 0.5) is 4.79 Å². The van der Waals surface area contributed by atoms with Gasteiger partial charge in [-0.05, 0) is 37.8 Å². The maximum Gasteiger partial charge on any atom is 0.316 e. The van der Waals surface area contributed by atoms with Crippen molar-refractivity contribution in [2.75, 3.05) is 40.3 Å². The van der Waals surface area contributed by atoms with Crippen LogP contribution < -0.4 is 16.0 Å². The van der Waals surface area contributed by atoms with Gasteiger partial charge in [0.1, 0.15) is 0 Å². The van der Waals surface area contributed by atoms with Gasteiger partial charge in [-0.3, -0.25) is 4.79 Å². The van der Waals surface area contributed by atoms with Crippen LogP contribution in [0.2, 0.25) is 0 Å². The summed E-state index contributed by atoms with van der Waals surface area (Å²) >= 11 is 0. The Labute approximate surface area is 114 Å². The quantitative estimate of drug-likeness (QED) is 0.616. The van der Waals surface area contributed by atoms with Gasteiger partial charge in [0, 0.05) is 33.1 Å². The number of piperidine rings is 1. The molecule has 0 aromatic rings. The lowest BCUT2D eigenvalue weighted by Gasteiger charge is -2.23. The summed E-state index contributed by atoms with van der Waals surface area (Å²) in [6, 6.07) is -0.129. The molecule has 0 aromatic heterocycles. The summed E-state index contributed by atoms with van der Waals surface area (Å²) in [7, 11) is 3.39. The van der Waals surface area contributed by atoms with E-state index in [0.717, 1.165) is 32.4 Å². The molecule has 1 spiro atoms. The summed E-state index contributed by atoms with van der Waals surface area (Å²) in [6.45, 7) is 3.04. The maximum atomic E-state index is 12.0. The highest BCUT2D eigenvalue weighted by Gasteiger charge is 2.57. The first kappa shape index (κ1) is 14.1. The summed E-state index contributed by atoms with van der Waals surface area (Å²) in [4.78, 5) is 24.8. The normalized spacial score (nSPS) is 23.8. The van der Waals surface area contributed by atoms with E-state index in [-0.39, 0.29) is 23.3 Å². The van der Waals surface area contributed by atoms with Crippen molar-refractivity contribution in [3.05, 3.63) is 0 Å². The van der Waals surface area contributed by atoms with Crippen molar-refractivity contribution in [3.8, 4) is 0 Å². The summed E-state index contributed by atoms with van der Waals surface area (Å²) in [5.74, 6) is 0.347. The van der Waals surface area contributed by atoms with E-state index in [1.807, 2.05) is 0 Å². The fraction of sp³-hybridized carbons (Fsp3) is 0.846. The SMILES string of the molecule is CN(C)C(=O)NCCNC(=O)C1CC12CCNCC2. The summed E-state index contributed by atoms with van der Waals surface area (Å²) in [5, 5.41) is 8.98. The highest BCUT2D eigenvalue weighted by atomic mass is 16.2. The average molecular weight is 268 g/mol. The average Bonchev–Trinajstić information content (AvgIpc) is 3.08. The van der Waals surface area contributed by atoms with Crippen molar-refractivity contribution in [2.24, 2.45) is 11.3 Å². The first-order valence-corrected chi connectivity index (χ1v) is 6.99. The molecule has 1 heterocycles. The smallest absolute Gasteiger partial charge is 0.316 e. The Kier molecular flexibility index (Phi) is 4.29. The van der Waals surface area contributed by atoms with E-state index in [1.54, 1.807) is 14.1 Å². The largest absolute Gasteiger partial charge is 0.354 e. The number of rotatable bonds is 4. The Bertz CT molecular complexity index is 351. The van der Waals surface area contributed by atoms with Gasteiger partial charge in [0.05, 0.1) is 0 Å². The van der Waals surface area contributed by atoms with Crippen LogP contribution in [0, 0.1) is 11.3 Å². The standard InChI is InChI=1S/C13H24N4O2/c1-17(2)12(19)16-8-7-15-11(18)10-9-13(10)3-5-14-6-4-13/h10,14H,3-9H2,1-2H3,(H,15,18)(H,16,19). The first-order chi connectivity index (χ1) is 9.05. The third kappa shape index (κ3) is 3.37. The van der Waals surface area contributed by atoms with E-state index in [1.165, 1.54) is 4.90 Å². The van der Waals surface area contributed by atoms with Crippen LogP contribution in [0.3, 0.4) is 0 Å². The van der Waals surface area contributed by atoms with Crippen LogP contribution in [-0.4, -0.2) is 57.1 Å². The van der Waals surface area contributed by atoms with Crippen molar-refractivity contribution in [1.82, 2.24) is 20.9 Å². The molecular formula is C13H24N4O2. The summed E-state index contributed by atoms with van der Waals surface area (Å²) in [5.41, 5.74) is 0.280. The minimum atomic E-state index is -0.129. The molecule has 1 aliphatic heterocycles. The van der Waals surface area contributed by atoms with Gasteiger partial charge in [0.15, 0.2) is 0 Å². The molecule has 0 radical (unpaired) electrons. The molecule has 2 fully saturated rings. The van der Waals surface area contributed by atoms with Gasteiger partial charge in [0.25, 0.3) is 0 Å². The molecule has 6 nitrogen and oxygen atoms in total. The van der Waals surface area contributed by atoms with Crippen molar-refractivity contribution in [3.63, 3.8) is 0 Å². The molecule has 6 heteroatoms. The van der Waals surface area contributed by atoms with E-state index in [9.17, 15) is 9.59 Å². The maximum absolute atomic E-state index is 12.0. The zero-order chi connectivity index (χ0) is 13.9. The molecule has 108 valence electrons. The molecule has 2 rings (SSSR count). The lowest BCUT2D eigenvalue weighted by atomic mass is 9.92. The van der Waals surface area contributed by atoms with Crippen LogP contribution in [0.15, 0.2) is 0 Å². The van der Waals surface area contributed by atoms with Gasteiger partial charge in [-0.25, -0.2) is 4.79 Å². The zero-order valence-electron chi connectivity index (χ0n) is 11.8. The highest BCUT2D eigenvalue weighted by Crippen LogP contribution is 2.58. The van der Waals surface area contributed by atoms with Gasteiger partial charge >= 0.3 is 6.03 Å². The molecule has 2 aliphatic rings. The topological polar surface area (TPSA) is 73.5 Å². The first-order valence-electron chi connectivity index (χ1n) is 6.99. The summed E-state index contributed by atoms with van der Waals surface area (Å²) in [6.07, 6.45) is 3.26. The fourth-order valence-corrected chi connectivity index (χ4v) is 2.83. The molecule has 1 atom stereocenters. The van der Waals surface area contributed by atoms with Crippen LogP contribution in [0.25, 0.3) is 0 Å². The van der Waals surface area contributed by atoms with Gasteiger partial charge in [-0.2, -0.15) is 0 Å². The van der Waals surface area contributed by atoms with E-state index in [2.05, 4.69) is 16.0 Å². The molecule has 3 N–H and O–H groups in total. The number of hydrogen-bond donors (Lipinski definition) is 3. The van der Waals surface area contributed by atoms with Crippen molar-refractivity contribution in [2.45, 2.75) is 19.3 Å². The minimum Gasteiger partial charge on any atom is -0.354 e. The number of hydrogen-bond acceptors (Lipinski definition) is 3.